The Labute approximate surface area is 105 Å². The van der Waals surface area contributed by atoms with E-state index in [-0.39, 0.29) is 0 Å². The van der Waals surface area contributed by atoms with Crippen LogP contribution in [0.15, 0.2) is 21.9 Å². The molecule has 0 heterocycles. The van der Waals surface area contributed by atoms with Gasteiger partial charge in [0.05, 0.1) is 11.1 Å². The van der Waals surface area contributed by atoms with Gasteiger partial charge in [-0.05, 0) is 23.6 Å². The van der Waals surface area contributed by atoms with Crippen LogP contribution in [0.5, 0.6) is 0 Å². The quantitative estimate of drug-likeness (QED) is 0.763. The van der Waals surface area contributed by atoms with E-state index in [9.17, 15) is 0 Å². The highest BCUT2D eigenvalue weighted by Crippen LogP contribution is 2.31. The molecular weight excluding hydrogens is 236 g/mol. The molecule has 0 atom stereocenters. The summed E-state index contributed by atoms with van der Waals surface area (Å²) in [7, 11) is 0. The van der Waals surface area contributed by atoms with Crippen LogP contribution in [-0.2, 0) is 0 Å². The highest BCUT2D eigenvalue weighted by Gasteiger charge is 2.12. The summed E-state index contributed by atoms with van der Waals surface area (Å²) in [4.78, 5) is 1.81. The summed E-state index contributed by atoms with van der Waals surface area (Å²) in [5, 5.41) is 18.3. The molecule has 16 heavy (non-hydrogen) atoms. The minimum absolute atomic E-state index is 0.521. The van der Waals surface area contributed by atoms with E-state index < -0.39 is 0 Å². The largest absolute Gasteiger partial charge is 0.192 e. The van der Waals surface area contributed by atoms with Gasteiger partial charge in [-0.2, -0.15) is 10.5 Å². The molecule has 0 aromatic heterocycles. The van der Waals surface area contributed by atoms with Crippen molar-refractivity contribution in [3.05, 3.63) is 23.3 Å². The molecule has 1 aromatic rings. The molecule has 0 amide bonds. The van der Waals surface area contributed by atoms with Gasteiger partial charge in [-0.25, -0.2) is 0 Å². The molecular formula is C12H12N2S2. The highest BCUT2D eigenvalue weighted by molar-refractivity contribution is 7.99. The number of hydrogen-bond donors (Lipinski definition) is 0. The van der Waals surface area contributed by atoms with E-state index in [4.69, 9.17) is 10.5 Å². The molecule has 0 spiro atoms. The van der Waals surface area contributed by atoms with Gasteiger partial charge in [0.25, 0.3) is 0 Å². The second-order valence-electron chi connectivity index (χ2n) is 2.90. The van der Waals surface area contributed by atoms with Gasteiger partial charge < -0.3 is 0 Å². The van der Waals surface area contributed by atoms with Crippen LogP contribution < -0.4 is 0 Å². The summed E-state index contributed by atoms with van der Waals surface area (Å²) in [5.41, 5.74) is 1.04. The molecule has 0 bridgehead atoms. The van der Waals surface area contributed by atoms with Crippen LogP contribution in [0.1, 0.15) is 25.0 Å². The number of rotatable bonds is 4. The standard InChI is InChI=1S/C12H12N2S2/c1-3-15-11-5-6-12(16-4-2)10(8-14)9(11)7-13/h5-6H,3-4H2,1-2H3. The lowest BCUT2D eigenvalue weighted by Gasteiger charge is -2.07. The average Bonchev–Trinajstić information content (AvgIpc) is 2.31. The van der Waals surface area contributed by atoms with Gasteiger partial charge in [0.15, 0.2) is 0 Å². The van der Waals surface area contributed by atoms with Gasteiger partial charge in [0.1, 0.15) is 12.1 Å². The van der Waals surface area contributed by atoms with Crippen molar-refractivity contribution in [2.24, 2.45) is 0 Å². The zero-order valence-electron chi connectivity index (χ0n) is 9.28. The van der Waals surface area contributed by atoms with Crippen LogP contribution in [0.4, 0.5) is 0 Å². The molecule has 0 fully saturated rings. The maximum atomic E-state index is 9.13. The average molecular weight is 248 g/mol. The van der Waals surface area contributed by atoms with E-state index in [0.717, 1.165) is 21.3 Å². The van der Waals surface area contributed by atoms with E-state index in [1.807, 2.05) is 26.0 Å². The van der Waals surface area contributed by atoms with E-state index >= 15 is 0 Å². The van der Waals surface area contributed by atoms with Crippen molar-refractivity contribution < 1.29 is 0 Å². The predicted molar refractivity (Wildman–Crippen MR) is 68.7 cm³/mol. The molecule has 4 heteroatoms. The normalized spacial score (nSPS) is 9.50. The second kappa shape index (κ2) is 6.48. The number of nitrogens with zero attached hydrogens (tertiary/aromatic N) is 2. The third-order valence-electron chi connectivity index (χ3n) is 1.95. The first-order valence-corrected chi connectivity index (χ1v) is 6.98. The molecule has 0 radical (unpaired) electrons. The van der Waals surface area contributed by atoms with E-state index in [2.05, 4.69) is 12.1 Å². The zero-order chi connectivity index (χ0) is 12.0. The first kappa shape index (κ1) is 13.0. The van der Waals surface area contributed by atoms with Crippen LogP contribution in [0.25, 0.3) is 0 Å². The van der Waals surface area contributed by atoms with Crippen molar-refractivity contribution in [2.75, 3.05) is 11.5 Å². The minimum atomic E-state index is 0.521. The van der Waals surface area contributed by atoms with Crippen LogP contribution in [-0.4, -0.2) is 11.5 Å². The van der Waals surface area contributed by atoms with Crippen LogP contribution in [0.3, 0.4) is 0 Å². The first-order chi connectivity index (χ1) is 7.78. The molecule has 82 valence electrons. The Hall–Kier alpha value is -1.10. The fourth-order valence-electron chi connectivity index (χ4n) is 1.34. The molecule has 0 saturated carbocycles. The van der Waals surface area contributed by atoms with Crippen molar-refractivity contribution in [1.82, 2.24) is 0 Å². The number of benzene rings is 1. The molecule has 0 N–H and O–H groups in total. The van der Waals surface area contributed by atoms with Crippen molar-refractivity contribution in [3.8, 4) is 12.1 Å². The summed E-state index contributed by atoms with van der Waals surface area (Å²) in [6.45, 7) is 4.07. The van der Waals surface area contributed by atoms with Gasteiger partial charge in [0, 0.05) is 9.79 Å². The maximum Gasteiger partial charge on any atom is 0.102 e. The molecule has 2 nitrogen and oxygen atoms in total. The molecule has 0 unspecified atom stereocenters. The molecule has 0 aliphatic carbocycles. The molecule has 0 aliphatic rings. The van der Waals surface area contributed by atoms with Gasteiger partial charge in [-0.3, -0.25) is 0 Å². The van der Waals surface area contributed by atoms with E-state index in [1.165, 1.54) is 0 Å². The maximum absolute atomic E-state index is 9.13. The Kier molecular flexibility index (Phi) is 5.25. The fraction of sp³-hybridized carbons (Fsp3) is 0.333. The van der Waals surface area contributed by atoms with E-state index in [1.54, 1.807) is 23.5 Å². The SMILES string of the molecule is CCSc1ccc(SCC)c(C#N)c1C#N. The summed E-state index contributed by atoms with van der Waals surface area (Å²) in [5.74, 6) is 1.81. The fourth-order valence-corrected chi connectivity index (χ4v) is 2.87. The summed E-state index contributed by atoms with van der Waals surface area (Å²) < 4.78 is 0. The highest BCUT2D eigenvalue weighted by atomic mass is 32.2. The van der Waals surface area contributed by atoms with Crippen molar-refractivity contribution in [2.45, 2.75) is 23.6 Å². The van der Waals surface area contributed by atoms with Crippen molar-refractivity contribution in [3.63, 3.8) is 0 Å². The molecule has 1 aromatic carbocycles. The first-order valence-electron chi connectivity index (χ1n) is 5.01. The molecule has 0 aliphatic heterocycles. The summed E-state index contributed by atoms with van der Waals surface area (Å²) in [6.07, 6.45) is 0. The summed E-state index contributed by atoms with van der Waals surface area (Å²) in [6, 6.07) is 8.16. The van der Waals surface area contributed by atoms with Crippen LogP contribution in [0.2, 0.25) is 0 Å². The summed E-state index contributed by atoms with van der Waals surface area (Å²) >= 11 is 3.20. The lowest BCUT2D eigenvalue weighted by molar-refractivity contribution is 1.24. The Morgan fingerprint density at radius 1 is 0.938 bits per heavy atom. The number of hydrogen-bond acceptors (Lipinski definition) is 4. The van der Waals surface area contributed by atoms with Crippen LogP contribution >= 0.6 is 23.5 Å². The monoisotopic (exact) mass is 248 g/mol. The second-order valence-corrected chi connectivity index (χ2v) is 5.51. The van der Waals surface area contributed by atoms with Gasteiger partial charge in [-0.15, -0.1) is 23.5 Å². The minimum Gasteiger partial charge on any atom is -0.192 e. The third kappa shape index (κ3) is 2.72. The predicted octanol–water partition coefficient (Wildman–Crippen LogP) is 3.65. The number of thioether (sulfide) groups is 2. The van der Waals surface area contributed by atoms with E-state index in [0.29, 0.717) is 11.1 Å². The number of nitriles is 2. The lowest BCUT2D eigenvalue weighted by Crippen LogP contribution is -1.92. The van der Waals surface area contributed by atoms with Gasteiger partial charge in [0.2, 0.25) is 0 Å². The Morgan fingerprint density at radius 2 is 1.31 bits per heavy atom. The van der Waals surface area contributed by atoms with Crippen molar-refractivity contribution >= 4 is 23.5 Å². The topological polar surface area (TPSA) is 47.6 Å². The smallest absolute Gasteiger partial charge is 0.102 e. The zero-order valence-corrected chi connectivity index (χ0v) is 10.9. The van der Waals surface area contributed by atoms with Gasteiger partial charge in [-0.1, -0.05) is 13.8 Å². The van der Waals surface area contributed by atoms with Gasteiger partial charge >= 0.3 is 0 Å². The Morgan fingerprint density at radius 3 is 1.56 bits per heavy atom. The third-order valence-corrected chi connectivity index (χ3v) is 3.83. The molecule has 1 rings (SSSR count). The Bertz CT molecular complexity index is 412. The van der Waals surface area contributed by atoms with Crippen LogP contribution in [0, 0.1) is 22.7 Å². The Balaban J connectivity index is 3.31. The lowest BCUT2D eigenvalue weighted by atomic mass is 10.1. The van der Waals surface area contributed by atoms with Crippen molar-refractivity contribution in [1.29, 1.82) is 10.5 Å². The molecule has 0 saturated heterocycles.